The van der Waals surface area contributed by atoms with Crippen molar-refractivity contribution in [3.05, 3.63) is 29.8 Å². The molecule has 0 bridgehead atoms. The van der Waals surface area contributed by atoms with Gasteiger partial charge in [-0.15, -0.1) is 0 Å². The van der Waals surface area contributed by atoms with Gasteiger partial charge in [0.1, 0.15) is 5.75 Å². The molecular formula is C18H26N2O2. The summed E-state index contributed by atoms with van der Waals surface area (Å²) in [6.07, 6.45) is 3.67. The first kappa shape index (κ1) is 16.5. The van der Waals surface area contributed by atoms with Gasteiger partial charge in [0.25, 0.3) is 5.91 Å². The monoisotopic (exact) mass is 302 g/mol. The van der Waals surface area contributed by atoms with E-state index in [1.807, 2.05) is 26.0 Å². The minimum Gasteiger partial charge on any atom is -0.491 e. The molecule has 0 saturated heterocycles. The lowest BCUT2D eigenvalue weighted by Crippen LogP contribution is -2.29. The highest BCUT2D eigenvalue weighted by Gasteiger charge is 2.23. The highest BCUT2D eigenvalue weighted by molar-refractivity contribution is 5.96. The van der Waals surface area contributed by atoms with Crippen LogP contribution in [0, 0.1) is 11.8 Å². The topological polar surface area (TPSA) is 50.7 Å². The van der Waals surface area contributed by atoms with Crippen molar-refractivity contribution in [1.29, 1.82) is 0 Å². The maximum atomic E-state index is 12.2. The molecule has 1 N–H and O–H groups in total. The van der Waals surface area contributed by atoms with Crippen LogP contribution in [0.15, 0.2) is 29.4 Å². The number of amides is 1. The molecule has 1 amide bonds. The van der Waals surface area contributed by atoms with E-state index in [4.69, 9.17) is 4.74 Å². The molecule has 1 fully saturated rings. The summed E-state index contributed by atoms with van der Waals surface area (Å²) in [6.45, 7) is 8.31. The number of benzene rings is 1. The van der Waals surface area contributed by atoms with E-state index in [1.54, 1.807) is 12.1 Å². The first-order valence-electron chi connectivity index (χ1n) is 8.12. The number of rotatable bonds is 4. The van der Waals surface area contributed by atoms with Gasteiger partial charge in [0.05, 0.1) is 6.10 Å². The number of hydrogen-bond donors (Lipinski definition) is 1. The minimum atomic E-state index is -0.173. The number of carbonyl (C=O) groups is 1. The van der Waals surface area contributed by atoms with Gasteiger partial charge in [-0.05, 0) is 62.8 Å². The van der Waals surface area contributed by atoms with Crippen LogP contribution in [0.25, 0.3) is 0 Å². The lowest BCUT2D eigenvalue weighted by atomic mass is 9.81. The zero-order valence-electron chi connectivity index (χ0n) is 13.9. The van der Waals surface area contributed by atoms with Gasteiger partial charge in [-0.25, -0.2) is 5.43 Å². The Morgan fingerprint density at radius 1 is 1.18 bits per heavy atom. The third kappa shape index (κ3) is 4.33. The Morgan fingerprint density at radius 2 is 1.77 bits per heavy atom. The van der Waals surface area contributed by atoms with E-state index in [1.165, 1.54) is 6.42 Å². The average Bonchev–Trinajstić information content (AvgIpc) is 2.46. The molecule has 22 heavy (non-hydrogen) atoms. The Balaban J connectivity index is 1.99. The molecule has 0 aliphatic heterocycles. The number of hydrazone groups is 1. The maximum absolute atomic E-state index is 12.2. The second-order valence-corrected chi connectivity index (χ2v) is 6.40. The fourth-order valence-corrected chi connectivity index (χ4v) is 2.87. The molecule has 1 aromatic carbocycles. The average molecular weight is 302 g/mol. The summed E-state index contributed by atoms with van der Waals surface area (Å²) in [5, 5.41) is 4.38. The van der Waals surface area contributed by atoms with E-state index < -0.39 is 0 Å². The highest BCUT2D eigenvalue weighted by Crippen LogP contribution is 2.25. The summed E-state index contributed by atoms with van der Waals surface area (Å²) >= 11 is 0. The molecule has 1 aliphatic carbocycles. The fraction of sp³-hybridized carbons (Fsp3) is 0.556. The summed E-state index contributed by atoms with van der Waals surface area (Å²) < 4.78 is 5.57. The normalized spacial score (nSPS) is 23.6. The predicted molar refractivity (Wildman–Crippen MR) is 89.3 cm³/mol. The predicted octanol–water partition coefficient (Wildman–Crippen LogP) is 4.02. The fourth-order valence-electron chi connectivity index (χ4n) is 2.87. The molecule has 4 heteroatoms. The summed E-state index contributed by atoms with van der Waals surface area (Å²) in [7, 11) is 0. The Bertz CT molecular complexity index is 523. The molecule has 1 aliphatic rings. The Morgan fingerprint density at radius 3 is 2.32 bits per heavy atom. The molecule has 0 unspecified atom stereocenters. The van der Waals surface area contributed by atoms with Gasteiger partial charge in [0.2, 0.25) is 0 Å². The quantitative estimate of drug-likeness (QED) is 0.854. The highest BCUT2D eigenvalue weighted by atomic mass is 16.5. The van der Waals surface area contributed by atoms with Gasteiger partial charge < -0.3 is 4.74 Å². The zero-order chi connectivity index (χ0) is 16.1. The van der Waals surface area contributed by atoms with Gasteiger partial charge >= 0.3 is 0 Å². The van der Waals surface area contributed by atoms with Crippen LogP contribution in [0.5, 0.6) is 5.75 Å². The smallest absolute Gasteiger partial charge is 0.271 e. The molecule has 4 nitrogen and oxygen atoms in total. The van der Waals surface area contributed by atoms with Crippen LogP contribution >= 0.6 is 0 Å². The van der Waals surface area contributed by atoms with E-state index in [2.05, 4.69) is 24.4 Å². The minimum absolute atomic E-state index is 0.125. The van der Waals surface area contributed by atoms with Crippen LogP contribution in [0.4, 0.5) is 0 Å². The first-order chi connectivity index (χ1) is 10.5. The SMILES string of the molecule is CC(C)Oc1ccc(C(=O)NN=C2[C@H](C)CCC[C@@H]2C)cc1. The van der Waals surface area contributed by atoms with E-state index >= 15 is 0 Å². The summed E-state index contributed by atoms with van der Waals surface area (Å²) in [6, 6.07) is 7.16. The first-order valence-corrected chi connectivity index (χ1v) is 8.12. The van der Waals surface area contributed by atoms with Crippen molar-refractivity contribution in [2.45, 2.75) is 53.1 Å². The Kier molecular flexibility index (Phi) is 5.58. The van der Waals surface area contributed by atoms with Crippen LogP contribution in [0.3, 0.4) is 0 Å². The van der Waals surface area contributed by atoms with Gasteiger partial charge in [-0.2, -0.15) is 5.10 Å². The third-order valence-electron chi connectivity index (χ3n) is 4.06. The summed E-state index contributed by atoms with van der Waals surface area (Å²) in [4.78, 5) is 12.2. The molecule has 120 valence electrons. The zero-order valence-corrected chi connectivity index (χ0v) is 13.9. The van der Waals surface area contributed by atoms with Crippen LogP contribution in [0.1, 0.15) is 57.3 Å². The second-order valence-electron chi connectivity index (χ2n) is 6.40. The molecule has 0 aromatic heterocycles. The number of ether oxygens (including phenoxy) is 1. The van der Waals surface area contributed by atoms with Crippen molar-refractivity contribution in [2.24, 2.45) is 16.9 Å². The Hall–Kier alpha value is -1.84. The molecule has 0 radical (unpaired) electrons. The van der Waals surface area contributed by atoms with E-state index in [-0.39, 0.29) is 12.0 Å². The van der Waals surface area contributed by atoms with Crippen molar-refractivity contribution in [2.75, 3.05) is 0 Å². The maximum Gasteiger partial charge on any atom is 0.271 e. The van der Waals surface area contributed by atoms with Crippen molar-refractivity contribution in [3.8, 4) is 5.75 Å². The van der Waals surface area contributed by atoms with Crippen molar-refractivity contribution >= 4 is 11.6 Å². The molecule has 2 rings (SSSR count). The van der Waals surface area contributed by atoms with E-state index in [0.717, 1.165) is 24.3 Å². The summed E-state index contributed by atoms with van der Waals surface area (Å²) in [5.41, 5.74) is 4.40. The standard InChI is InChI=1S/C18H26N2O2/c1-12(2)22-16-10-8-15(9-11-16)18(21)20-19-17-13(3)6-5-7-14(17)4/h8-14H,5-7H2,1-4H3,(H,20,21)/t13-,14+. The van der Waals surface area contributed by atoms with E-state index in [9.17, 15) is 4.79 Å². The van der Waals surface area contributed by atoms with Crippen LogP contribution in [0.2, 0.25) is 0 Å². The van der Waals surface area contributed by atoms with Crippen molar-refractivity contribution in [1.82, 2.24) is 5.43 Å². The molecule has 2 atom stereocenters. The number of carbonyl (C=O) groups excluding carboxylic acids is 1. The third-order valence-corrected chi connectivity index (χ3v) is 4.06. The van der Waals surface area contributed by atoms with Gasteiger partial charge in [0.15, 0.2) is 0 Å². The summed E-state index contributed by atoms with van der Waals surface area (Å²) in [5.74, 6) is 1.50. The lowest BCUT2D eigenvalue weighted by Gasteiger charge is -2.26. The molecule has 0 spiro atoms. The van der Waals surface area contributed by atoms with Crippen LogP contribution in [-0.2, 0) is 0 Å². The molecule has 1 saturated carbocycles. The van der Waals surface area contributed by atoms with Crippen molar-refractivity contribution < 1.29 is 9.53 Å². The van der Waals surface area contributed by atoms with Gasteiger partial charge in [-0.1, -0.05) is 20.3 Å². The van der Waals surface area contributed by atoms with E-state index in [0.29, 0.717) is 17.4 Å². The molecule has 0 heterocycles. The number of hydrogen-bond acceptors (Lipinski definition) is 3. The Labute approximate surface area is 132 Å². The van der Waals surface area contributed by atoms with Crippen molar-refractivity contribution in [3.63, 3.8) is 0 Å². The number of nitrogens with zero attached hydrogens (tertiary/aromatic N) is 1. The van der Waals surface area contributed by atoms with Gasteiger partial charge in [0, 0.05) is 11.3 Å². The largest absolute Gasteiger partial charge is 0.491 e. The van der Waals surface area contributed by atoms with Crippen LogP contribution < -0.4 is 10.2 Å². The number of nitrogens with one attached hydrogen (secondary N) is 1. The second kappa shape index (κ2) is 7.43. The molecular weight excluding hydrogens is 276 g/mol. The molecule has 1 aromatic rings. The van der Waals surface area contributed by atoms with Gasteiger partial charge in [-0.3, -0.25) is 4.79 Å². The van der Waals surface area contributed by atoms with Crippen LogP contribution in [-0.4, -0.2) is 17.7 Å². The lowest BCUT2D eigenvalue weighted by molar-refractivity contribution is 0.0954.